The first kappa shape index (κ1) is 9.42. The number of carbonyl (C=O) groups excluding carboxylic acids is 1. The van der Waals surface area contributed by atoms with E-state index in [-0.39, 0.29) is 5.92 Å². The van der Waals surface area contributed by atoms with Gasteiger partial charge in [0.25, 0.3) is 0 Å². The van der Waals surface area contributed by atoms with E-state index in [9.17, 15) is 4.79 Å². The first-order valence-corrected chi connectivity index (χ1v) is 4.04. The molecule has 1 heterocycles. The Hall–Kier alpha value is -0.670. The molecular formula is C7H6Cl2N2O. The van der Waals surface area contributed by atoms with Gasteiger partial charge in [0.05, 0.1) is 27.9 Å². The summed E-state index contributed by atoms with van der Waals surface area (Å²) < 4.78 is 0. The van der Waals surface area contributed by atoms with Gasteiger partial charge in [-0.3, -0.25) is 0 Å². The van der Waals surface area contributed by atoms with Crippen LogP contribution < -0.4 is 0 Å². The van der Waals surface area contributed by atoms with Crippen molar-refractivity contribution in [2.45, 2.75) is 12.8 Å². The Kier molecular flexibility index (Phi) is 3.00. The molecule has 64 valence electrons. The smallest absolute Gasteiger partial charge is 0.128 e. The van der Waals surface area contributed by atoms with Crippen LogP contribution in [-0.4, -0.2) is 16.5 Å². The van der Waals surface area contributed by atoms with E-state index in [1.165, 1.54) is 6.20 Å². The highest BCUT2D eigenvalue weighted by molar-refractivity contribution is 6.42. The minimum Gasteiger partial charge on any atom is -0.303 e. The van der Waals surface area contributed by atoms with Crippen LogP contribution in [0, 0.1) is 0 Å². The molecule has 0 amide bonds. The molecule has 0 aliphatic heterocycles. The normalized spacial score (nSPS) is 12.6. The van der Waals surface area contributed by atoms with Gasteiger partial charge in [0.15, 0.2) is 0 Å². The van der Waals surface area contributed by atoms with E-state index >= 15 is 0 Å². The number of aldehydes is 1. The summed E-state index contributed by atoms with van der Waals surface area (Å²) >= 11 is 11.4. The summed E-state index contributed by atoms with van der Waals surface area (Å²) in [7, 11) is 0. The Morgan fingerprint density at radius 2 is 2.25 bits per heavy atom. The molecule has 0 spiro atoms. The average Bonchev–Trinajstić information content (AvgIpc) is 2.08. The van der Waals surface area contributed by atoms with Crippen LogP contribution in [0.15, 0.2) is 6.20 Å². The van der Waals surface area contributed by atoms with Gasteiger partial charge in [-0.2, -0.15) is 10.2 Å². The van der Waals surface area contributed by atoms with Crippen LogP contribution in [0.4, 0.5) is 0 Å². The van der Waals surface area contributed by atoms with Gasteiger partial charge in [-0.05, 0) is 0 Å². The number of hydrogen-bond donors (Lipinski definition) is 0. The fourth-order valence-electron chi connectivity index (χ4n) is 0.720. The second-order valence-electron chi connectivity index (χ2n) is 2.32. The zero-order valence-corrected chi connectivity index (χ0v) is 7.80. The van der Waals surface area contributed by atoms with Crippen molar-refractivity contribution in [3.8, 4) is 0 Å². The van der Waals surface area contributed by atoms with Crippen LogP contribution in [0.2, 0.25) is 10.0 Å². The maximum atomic E-state index is 10.4. The molecule has 0 bridgehead atoms. The van der Waals surface area contributed by atoms with Crippen LogP contribution in [0.1, 0.15) is 18.5 Å². The summed E-state index contributed by atoms with van der Waals surface area (Å²) in [6.07, 6.45) is 2.08. The van der Waals surface area contributed by atoms with Crippen molar-refractivity contribution < 1.29 is 4.79 Å². The summed E-state index contributed by atoms with van der Waals surface area (Å²) in [6, 6.07) is 0. The minimum absolute atomic E-state index is 0.297. The Morgan fingerprint density at radius 3 is 2.83 bits per heavy atom. The third-order valence-electron chi connectivity index (χ3n) is 1.41. The van der Waals surface area contributed by atoms with Gasteiger partial charge >= 0.3 is 0 Å². The van der Waals surface area contributed by atoms with Gasteiger partial charge in [0.1, 0.15) is 6.29 Å². The van der Waals surface area contributed by atoms with Crippen molar-refractivity contribution in [3.63, 3.8) is 0 Å². The van der Waals surface area contributed by atoms with E-state index in [2.05, 4.69) is 10.2 Å². The maximum absolute atomic E-state index is 10.4. The first-order valence-electron chi connectivity index (χ1n) is 3.28. The van der Waals surface area contributed by atoms with E-state index in [0.29, 0.717) is 15.7 Å². The summed E-state index contributed by atoms with van der Waals surface area (Å²) in [5, 5.41) is 7.91. The molecule has 1 rings (SSSR count). The number of hydrogen-bond acceptors (Lipinski definition) is 3. The molecule has 0 saturated heterocycles. The van der Waals surface area contributed by atoms with Crippen molar-refractivity contribution in [1.29, 1.82) is 0 Å². The number of aromatic nitrogens is 2. The van der Waals surface area contributed by atoms with Gasteiger partial charge < -0.3 is 4.79 Å². The summed E-state index contributed by atoms with van der Waals surface area (Å²) in [6.45, 7) is 1.68. The molecule has 1 atom stereocenters. The molecule has 0 aliphatic carbocycles. The van der Waals surface area contributed by atoms with Gasteiger partial charge in [0, 0.05) is 0 Å². The van der Waals surface area contributed by atoms with Gasteiger partial charge in [-0.25, -0.2) is 0 Å². The van der Waals surface area contributed by atoms with Crippen LogP contribution in [0.25, 0.3) is 0 Å². The second kappa shape index (κ2) is 3.83. The van der Waals surface area contributed by atoms with E-state index in [4.69, 9.17) is 23.2 Å². The number of nitrogens with zero attached hydrogens (tertiary/aromatic N) is 2. The molecule has 1 aromatic heterocycles. The van der Waals surface area contributed by atoms with Crippen LogP contribution in [0.3, 0.4) is 0 Å². The molecule has 0 aromatic carbocycles. The second-order valence-corrected chi connectivity index (χ2v) is 3.10. The Bertz CT molecular complexity index is 303. The largest absolute Gasteiger partial charge is 0.303 e. The van der Waals surface area contributed by atoms with Crippen LogP contribution in [0.5, 0.6) is 0 Å². The zero-order valence-electron chi connectivity index (χ0n) is 6.29. The van der Waals surface area contributed by atoms with Gasteiger partial charge in [-0.1, -0.05) is 30.1 Å². The molecule has 0 saturated carbocycles. The molecule has 1 aromatic rings. The Balaban J connectivity index is 3.15. The number of halogens is 2. The molecule has 3 nitrogen and oxygen atoms in total. The third-order valence-corrected chi connectivity index (χ3v) is 2.19. The van der Waals surface area contributed by atoms with Crippen molar-refractivity contribution in [3.05, 3.63) is 21.9 Å². The molecular weight excluding hydrogens is 199 g/mol. The third kappa shape index (κ3) is 1.73. The zero-order chi connectivity index (χ0) is 9.14. The molecule has 0 N–H and O–H groups in total. The molecule has 1 unspecified atom stereocenters. The number of carbonyl (C=O) groups is 1. The fraction of sp³-hybridized carbons (Fsp3) is 0.286. The summed E-state index contributed by atoms with van der Waals surface area (Å²) in [5.74, 6) is -0.372. The standard InChI is InChI=1S/C7H6Cl2N2O/c1-4(3-12)7-6(9)5(8)2-10-11-7/h2-4H,1H3. The van der Waals surface area contributed by atoms with Crippen molar-refractivity contribution in [1.82, 2.24) is 10.2 Å². The first-order chi connectivity index (χ1) is 5.66. The molecule has 12 heavy (non-hydrogen) atoms. The summed E-state index contributed by atoms with van der Waals surface area (Å²) in [5.41, 5.74) is 0.416. The molecule has 5 heteroatoms. The highest BCUT2D eigenvalue weighted by atomic mass is 35.5. The predicted molar refractivity (Wildman–Crippen MR) is 46.5 cm³/mol. The predicted octanol–water partition coefficient (Wildman–Crippen LogP) is 2.09. The highest BCUT2D eigenvalue weighted by Gasteiger charge is 2.13. The van der Waals surface area contributed by atoms with E-state index in [1.807, 2.05) is 0 Å². The topological polar surface area (TPSA) is 42.9 Å². The van der Waals surface area contributed by atoms with E-state index in [1.54, 1.807) is 6.92 Å². The van der Waals surface area contributed by atoms with Crippen molar-refractivity contribution in [2.24, 2.45) is 0 Å². The van der Waals surface area contributed by atoms with Crippen molar-refractivity contribution in [2.75, 3.05) is 0 Å². The Labute approximate surface area is 79.7 Å². The van der Waals surface area contributed by atoms with E-state index in [0.717, 1.165) is 6.29 Å². The lowest BCUT2D eigenvalue weighted by atomic mass is 10.1. The van der Waals surface area contributed by atoms with E-state index < -0.39 is 0 Å². The molecule has 0 radical (unpaired) electrons. The van der Waals surface area contributed by atoms with Crippen LogP contribution in [-0.2, 0) is 4.79 Å². The molecule has 0 aliphatic rings. The lowest BCUT2D eigenvalue weighted by Crippen LogP contribution is -2.01. The minimum atomic E-state index is -0.372. The fourth-order valence-corrected chi connectivity index (χ4v) is 1.12. The SMILES string of the molecule is CC(C=O)c1nncc(Cl)c1Cl. The summed E-state index contributed by atoms with van der Waals surface area (Å²) in [4.78, 5) is 10.4. The molecule has 0 fully saturated rings. The van der Waals surface area contributed by atoms with Gasteiger partial charge in [0.2, 0.25) is 0 Å². The van der Waals surface area contributed by atoms with Crippen LogP contribution >= 0.6 is 23.2 Å². The maximum Gasteiger partial charge on any atom is 0.128 e. The van der Waals surface area contributed by atoms with Crippen molar-refractivity contribution >= 4 is 29.5 Å². The van der Waals surface area contributed by atoms with Gasteiger partial charge in [-0.15, -0.1) is 0 Å². The monoisotopic (exact) mass is 204 g/mol. The average molecular weight is 205 g/mol. The Morgan fingerprint density at radius 1 is 1.58 bits per heavy atom. The lowest BCUT2D eigenvalue weighted by molar-refractivity contribution is -0.108. The lowest BCUT2D eigenvalue weighted by Gasteiger charge is -2.04. The highest BCUT2D eigenvalue weighted by Crippen LogP contribution is 2.26. The quantitative estimate of drug-likeness (QED) is 0.694. The number of rotatable bonds is 2.